The number of nitrogens with one attached hydrogen (secondary N) is 3. The van der Waals surface area contributed by atoms with E-state index in [2.05, 4.69) is 15.6 Å². The van der Waals surface area contributed by atoms with Gasteiger partial charge in [-0.05, 0) is 37.5 Å². The normalized spacial score (nSPS) is 19.9. The Labute approximate surface area is 207 Å². The number of ether oxygens (including phenoxy) is 1. The predicted molar refractivity (Wildman–Crippen MR) is 134 cm³/mol. The fourth-order valence-electron chi connectivity index (χ4n) is 5.05. The highest BCUT2D eigenvalue weighted by Crippen LogP contribution is 2.34. The molecule has 0 bridgehead atoms. The zero-order chi connectivity index (χ0) is 25.0. The fourth-order valence-corrected chi connectivity index (χ4v) is 5.05. The van der Waals surface area contributed by atoms with Crippen molar-refractivity contribution < 1.29 is 14.3 Å². The maximum atomic E-state index is 13.3. The van der Waals surface area contributed by atoms with Gasteiger partial charge >= 0.3 is 0 Å². The molecule has 2 aliphatic rings. The first kappa shape index (κ1) is 24.7. The number of carbonyl (C=O) groups excluding carboxylic acids is 2. The number of para-hydroxylation sites is 1. The van der Waals surface area contributed by atoms with Crippen LogP contribution in [0.3, 0.4) is 0 Å². The van der Waals surface area contributed by atoms with E-state index in [0.717, 1.165) is 30.6 Å². The number of amides is 2. The summed E-state index contributed by atoms with van der Waals surface area (Å²) in [6, 6.07) is 10.7. The van der Waals surface area contributed by atoms with Crippen LogP contribution in [0.4, 0.5) is 0 Å². The van der Waals surface area contributed by atoms with Crippen molar-refractivity contribution in [2.45, 2.75) is 76.9 Å². The Hall–Kier alpha value is -3.42. The first-order valence-electron chi connectivity index (χ1n) is 12.6. The molecule has 35 heavy (non-hydrogen) atoms. The van der Waals surface area contributed by atoms with Crippen LogP contribution in [0.2, 0.25) is 0 Å². The van der Waals surface area contributed by atoms with E-state index in [9.17, 15) is 9.59 Å². The molecule has 1 fully saturated rings. The lowest BCUT2D eigenvalue weighted by molar-refractivity contribution is -0.133. The van der Waals surface area contributed by atoms with E-state index in [-0.39, 0.29) is 29.4 Å². The Balaban J connectivity index is 1.56. The maximum absolute atomic E-state index is 13.3. The summed E-state index contributed by atoms with van der Waals surface area (Å²) >= 11 is 0. The molecule has 8 heteroatoms. The summed E-state index contributed by atoms with van der Waals surface area (Å²) in [5.74, 6) is 0.636. The molecule has 3 N–H and O–H groups in total. The second kappa shape index (κ2) is 10.5. The van der Waals surface area contributed by atoms with Gasteiger partial charge in [-0.1, -0.05) is 45.4 Å². The third kappa shape index (κ3) is 5.01. The molecule has 0 spiro atoms. The molecular formula is C27H35N5O3. The molecule has 0 unspecified atom stereocenters. The number of pyridine rings is 1. The molecule has 2 atom stereocenters. The first-order valence-corrected chi connectivity index (χ1v) is 12.6. The van der Waals surface area contributed by atoms with Gasteiger partial charge in [-0.15, -0.1) is 0 Å². The number of guanidine groups is 1. The summed E-state index contributed by atoms with van der Waals surface area (Å²) in [4.78, 5) is 32.5. The number of carbonyl (C=O) groups is 2. The third-order valence-corrected chi connectivity index (χ3v) is 7.26. The average molecular weight is 478 g/mol. The lowest BCUT2D eigenvalue weighted by Crippen LogP contribution is -2.62. The van der Waals surface area contributed by atoms with Crippen molar-refractivity contribution in [3.63, 3.8) is 0 Å². The Bertz CT molecular complexity index is 1080. The molecule has 1 aromatic heterocycles. The van der Waals surface area contributed by atoms with Crippen LogP contribution < -0.4 is 15.4 Å². The Kier molecular flexibility index (Phi) is 7.38. The van der Waals surface area contributed by atoms with Crippen LogP contribution in [-0.2, 0) is 4.79 Å². The summed E-state index contributed by atoms with van der Waals surface area (Å²) in [5, 5.41) is 15.1. The van der Waals surface area contributed by atoms with Gasteiger partial charge < -0.3 is 15.4 Å². The number of rotatable bonds is 8. The maximum Gasteiger partial charge on any atom is 0.251 e. The lowest BCUT2D eigenvalue weighted by Gasteiger charge is -2.44. The molecule has 2 aliphatic heterocycles. The van der Waals surface area contributed by atoms with Crippen molar-refractivity contribution in [2.24, 2.45) is 0 Å². The lowest BCUT2D eigenvalue weighted by atomic mass is 9.86. The SMILES string of the molecule is CCC[C@H](c1cc(C(=O)N[C@H]2CCOc3ccccc32)ccn1)N1C(=N)NC(CC)(CC)CC1=O. The number of nitrogens with zero attached hydrogens (tertiary/aromatic N) is 2. The highest BCUT2D eigenvalue weighted by atomic mass is 16.5. The van der Waals surface area contributed by atoms with Crippen molar-refractivity contribution in [3.05, 3.63) is 59.4 Å². The van der Waals surface area contributed by atoms with E-state index in [0.29, 0.717) is 37.1 Å². The van der Waals surface area contributed by atoms with Crippen LogP contribution in [0.15, 0.2) is 42.6 Å². The molecule has 0 saturated carbocycles. The van der Waals surface area contributed by atoms with E-state index < -0.39 is 6.04 Å². The fraction of sp³-hybridized carbons (Fsp3) is 0.481. The summed E-state index contributed by atoms with van der Waals surface area (Å²) in [6.07, 6.45) is 5.64. The Morgan fingerprint density at radius 2 is 2.06 bits per heavy atom. The van der Waals surface area contributed by atoms with E-state index in [1.807, 2.05) is 45.0 Å². The van der Waals surface area contributed by atoms with Crippen molar-refractivity contribution in [1.82, 2.24) is 20.5 Å². The number of hydrogen-bond acceptors (Lipinski definition) is 5. The van der Waals surface area contributed by atoms with Gasteiger partial charge in [0, 0.05) is 29.3 Å². The van der Waals surface area contributed by atoms with Crippen LogP contribution in [0.5, 0.6) is 5.75 Å². The van der Waals surface area contributed by atoms with E-state index in [1.165, 1.54) is 4.90 Å². The van der Waals surface area contributed by atoms with Crippen LogP contribution >= 0.6 is 0 Å². The molecular weight excluding hydrogens is 442 g/mol. The topological polar surface area (TPSA) is 107 Å². The third-order valence-electron chi connectivity index (χ3n) is 7.26. The van der Waals surface area contributed by atoms with E-state index in [1.54, 1.807) is 18.3 Å². The summed E-state index contributed by atoms with van der Waals surface area (Å²) < 4.78 is 5.71. The number of benzene rings is 1. The Morgan fingerprint density at radius 1 is 1.29 bits per heavy atom. The van der Waals surface area contributed by atoms with Gasteiger partial charge in [0.05, 0.1) is 30.8 Å². The average Bonchev–Trinajstić information content (AvgIpc) is 2.88. The van der Waals surface area contributed by atoms with Gasteiger partial charge in [0.1, 0.15) is 5.75 Å². The van der Waals surface area contributed by atoms with Crippen molar-refractivity contribution in [3.8, 4) is 5.75 Å². The molecule has 4 rings (SSSR count). The van der Waals surface area contributed by atoms with Crippen molar-refractivity contribution in [2.75, 3.05) is 6.61 Å². The first-order chi connectivity index (χ1) is 16.9. The summed E-state index contributed by atoms with van der Waals surface area (Å²) in [5.41, 5.74) is 1.70. The van der Waals surface area contributed by atoms with Gasteiger partial charge in [0.25, 0.3) is 5.91 Å². The smallest absolute Gasteiger partial charge is 0.251 e. The van der Waals surface area contributed by atoms with Crippen LogP contribution in [0.1, 0.15) is 93.0 Å². The molecule has 1 saturated heterocycles. The van der Waals surface area contributed by atoms with Gasteiger partial charge in [-0.2, -0.15) is 0 Å². The molecule has 3 heterocycles. The quantitative estimate of drug-likeness (QED) is 0.519. The number of aromatic nitrogens is 1. The van der Waals surface area contributed by atoms with E-state index >= 15 is 0 Å². The van der Waals surface area contributed by atoms with Crippen molar-refractivity contribution >= 4 is 17.8 Å². The Morgan fingerprint density at radius 3 is 2.77 bits per heavy atom. The molecule has 186 valence electrons. The number of hydrogen-bond donors (Lipinski definition) is 3. The molecule has 1 aromatic carbocycles. The second-order valence-electron chi connectivity index (χ2n) is 9.38. The highest BCUT2D eigenvalue weighted by Gasteiger charge is 2.42. The minimum atomic E-state index is -0.407. The minimum absolute atomic E-state index is 0.0774. The van der Waals surface area contributed by atoms with Crippen LogP contribution in [0, 0.1) is 5.41 Å². The molecule has 8 nitrogen and oxygen atoms in total. The highest BCUT2D eigenvalue weighted by molar-refractivity contribution is 5.99. The number of fused-ring (bicyclic) bond motifs is 1. The molecule has 0 radical (unpaired) electrons. The predicted octanol–water partition coefficient (Wildman–Crippen LogP) is 4.49. The summed E-state index contributed by atoms with van der Waals surface area (Å²) in [7, 11) is 0. The molecule has 2 aromatic rings. The van der Waals surface area contributed by atoms with E-state index in [4.69, 9.17) is 10.1 Å². The zero-order valence-corrected chi connectivity index (χ0v) is 20.8. The largest absolute Gasteiger partial charge is 0.493 e. The van der Waals surface area contributed by atoms with Gasteiger partial charge in [-0.25, -0.2) is 0 Å². The second-order valence-corrected chi connectivity index (χ2v) is 9.38. The molecule has 2 amide bonds. The van der Waals surface area contributed by atoms with Gasteiger partial charge in [0.15, 0.2) is 5.96 Å². The van der Waals surface area contributed by atoms with Crippen LogP contribution in [-0.4, -0.2) is 39.8 Å². The summed E-state index contributed by atoms with van der Waals surface area (Å²) in [6.45, 7) is 6.67. The monoisotopic (exact) mass is 477 g/mol. The standard InChI is InChI=1S/C27H35N5O3/c1-4-9-22(32-24(33)17-27(5-2,6-3)31-26(32)28)21-16-18(12-14-29-21)25(34)30-20-13-15-35-23-11-8-7-10-19(20)23/h7-8,10-12,14,16,20,22H,4-6,9,13,15,17H2,1-3H3,(H2,28,31)(H,30,34)/t20-,22+/m0/s1. The molecule has 0 aliphatic carbocycles. The zero-order valence-electron chi connectivity index (χ0n) is 20.8. The minimum Gasteiger partial charge on any atom is -0.493 e. The van der Waals surface area contributed by atoms with Gasteiger partial charge in [0.2, 0.25) is 5.91 Å². The van der Waals surface area contributed by atoms with Crippen molar-refractivity contribution in [1.29, 1.82) is 5.41 Å². The van der Waals surface area contributed by atoms with Crippen LogP contribution in [0.25, 0.3) is 0 Å². The van der Waals surface area contributed by atoms with Gasteiger partial charge in [-0.3, -0.25) is 24.9 Å².